The van der Waals surface area contributed by atoms with Gasteiger partial charge in [-0.25, -0.2) is 0 Å². The third-order valence-electron chi connectivity index (χ3n) is 3.03. The van der Waals surface area contributed by atoms with Crippen LogP contribution in [0.1, 0.15) is 11.1 Å². The minimum Gasteiger partial charge on any atom is -0.497 e. The second-order valence-electron chi connectivity index (χ2n) is 4.53. The lowest BCUT2D eigenvalue weighted by atomic mass is 10.2. The number of ether oxygens (including phenoxy) is 2. The van der Waals surface area contributed by atoms with Gasteiger partial charge in [-0.2, -0.15) is 0 Å². The molecular weight excluding hydrogens is 398 g/mol. The Morgan fingerprint density at radius 2 is 1.86 bits per heavy atom. The summed E-state index contributed by atoms with van der Waals surface area (Å²) < 4.78 is 13.3. The molecule has 1 N–H and O–H groups in total. The molecule has 0 aliphatic rings. The molecule has 0 heterocycles. The molecule has 2 aromatic carbocycles. The first-order valence-electron chi connectivity index (χ1n) is 6.52. The first-order valence-corrected chi connectivity index (χ1v) is 8.11. The van der Waals surface area contributed by atoms with Crippen molar-refractivity contribution >= 4 is 31.9 Å². The molecule has 0 aliphatic carbocycles. The van der Waals surface area contributed by atoms with Crippen LogP contribution in [0.2, 0.25) is 0 Å². The Hall–Kier alpha value is -1.04. The summed E-state index contributed by atoms with van der Waals surface area (Å²) >= 11 is 7.02. The van der Waals surface area contributed by atoms with Gasteiger partial charge in [-0.05, 0) is 43.4 Å². The second-order valence-corrected chi connectivity index (χ2v) is 6.30. The van der Waals surface area contributed by atoms with Crippen molar-refractivity contribution in [3.63, 3.8) is 0 Å². The van der Waals surface area contributed by atoms with Crippen LogP contribution in [0.3, 0.4) is 0 Å². The van der Waals surface area contributed by atoms with Crippen LogP contribution in [-0.4, -0.2) is 14.2 Å². The Bertz CT molecular complexity index is 617. The lowest BCUT2D eigenvalue weighted by Crippen LogP contribution is -2.08. The molecule has 21 heavy (non-hydrogen) atoms. The van der Waals surface area contributed by atoms with Gasteiger partial charge in [0.1, 0.15) is 18.1 Å². The lowest BCUT2D eigenvalue weighted by Gasteiger charge is -2.13. The summed E-state index contributed by atoms with van der Waals surface area (Å²) in [6.45, 7) is 1.24. The van der Waals surface area contributed by atoms with Crippen LogP contribution >= 0.6 is 31.9 Å². The number of nitrogens with one attached hydrogen (secondary N) is 1. The quantitative estimate of drug-likeness (QED) is 0.753. The van der Waals surface area contributed by atoms with E-state index in [1.807, 2.05) is 37.4 Å². The van der Waals surface area contributed by atoms with Crippen LogP contribution < -0.4 is 14.8 Å². The minimum absolute atomic E-state index is 0.482. The molecule has 0 radical (unpaired) electrons. The summed E-state index contributed by atoms with van der Waals surface area (Å²) in [5.41, 5.74) is 2.17. The smallest absolute Gasteiger partial charge is 0.124 e. The maximum atomic E-state index is 5.96. The average molecular weight is 415 g/mol. The molecule has 0 saturated heterocycles. The van der Waals surface area contributed by atoms with Gasteiger partial charge in [-0.1, -0.05) is 31.9 Å². The summed E-state index contributed by atoms with van der Waals surface area (Å²) in [5.74, 6) is 1.70. The summed E-state index contributed by atoms with van der Waals surface area (Å²) in [4.78, 5) is 0. The van der Waals surface area contributed by atoms with Gasteiger partial charge >= 0.3 is 0 Å². The largest absolute Gasteiger partial charge is 0.497 e. The van der Waals surface area contributed by atoms with Crippen LogP contribution in [0, 0.1) is 0 Å². The predicted octanol–water partition coefficient (Wildman–Crippen LogP) is 4.52. The van der Waals surface area contributed by atoms with Crippen molar-refractivity contribution in [2.45, 2.75) is 13.2 Å². The van der Waals surface area contributed by atoms with E-state index < -0.39 is 0 Å². The molecular formula is C16H17Br2NO2. The van der Waals surface area contributed by atoms with E-state index in [-0.39, 0.29) is 0 Å². The molecule has 5 heteroatoms. The van der Waals surface area contributed by atoms with Crippen LogP contribution in [0.4, 0.5) is 0 Å². The van der Waals surface area contributed by atoms with E-state index in [4.69, 9.17) is 9.47 Å². The van der Waals surface area contributed by atoms with E-state index >= 15 is 0 Å². The molecule has 0 spiro atoms. The standard InChI is InChI=1S/C16H17Br2NO2/c1-19-9-11-7-13(17)3-6-16(11)21-10-12-8-14(20-2)4-5-15(12)18/h3-8,19H,9-10H2,1-2H3. The average Bonchev–Trinajstić information content (AvgIpc) is 2.48. The van der Waals surface area contributed by atoms with E-state index in [1.165, 1.54) is 0 Å². The molecule has 0 fully saturated rings. The Morgan fingerprint density at radius 3 is 2.57 bits per heavy atom. The number of hydrogen-bond acceptors (Lipinski definition) is 3. The lowest BCUT2D eigenvalue weighted by molar-refractivity contribution is 0.300. The number of rotatable bonds is 6. The molecule has 0 atom stereocenters. The van der Waals surface area contributed by atoms with Gasteiger partial charge in [-0.3, -0.25) is 0 Å². The SMILES string of the molecule is CNCc1cc(Br)ccc1OCc1cc(OC)ccc1Br. The van der Waals surface area contributed by atoms with Crippen molar-refractivity contribution in [3.05, 3.63) is 56.5 Å². The van der Waals surface area contributed by atoms with Crippen molar-refractivity contribution in [2.75, 3.05) is 14.2 Å². The predicted molar refractivity (Wildman–Crippen MR) is 91.9 cm³/mol. The molecule has 2 rings (SSSR count). The Morgan fingerprint density at radius 1 is 1.05 bits per heavy atom. The van der Waals surface area contributed by atoms with Crippen LogP contribution in [0.15, 0.2) is 45.3 Å². The molecule has 0 bridgehead atoms. The zero-order valence-electron chi connectivity index (χ0n) is 12.0. The third kappa shape index (κ3) is 4.46. The first-order chi connectivity index (χ1) is 10.1. The zero-order chi connectivity index (χ0) is 15.2. The monoisotopic (exact) mass is 413 g/mol. The van der Waals surface area contributed by atoms with Gasteiger partial charge in [0.25, 0.3) is 0 Å². The summed E-state index contributed by atoms with van der Waals surface area (Å²) in [5, 5.41) is 3.15. The van der Waals surface area contributed by atoms with Crippen molar-refractivity contribution in [2.24, 2.45) is 0 Å². The van der Waals surface area contributed by atoms with Gasteiger partial charge in [-0.15, -0.1) is 0 Å². The summed E-state index contributed by atoms with van der Waals surface area (Å²) in [7, 11) is 3.58. The summed E-state index contributed by atoms with van der Waals surface area (Å²) in [6, 6.07) is 11.9. The molecule has 2 aromatic rings. The maximum Gasteiger partial charge on any atom is 0.124 e. The van der Waals surface area contributed by atoms with E-state index in [9.17, 15) is 0 Å². The number of halogens is 2. The topological polar surface area (TPSA) is 30.5 Å². The second kappa shape index (κ2) is 7.82. The molecule has 0 unspecified atom stereocenters. The zero-order valence-corrected chi connectivity index (χ0v) is 15.1. The van der Waals surface area contributed by atoms with E-state index in [0.29, 0.717) is 6.61 Å². The fourth-order valence-electron chi connectivity index (χ4n) is 1.96. The Kier molecular flexibility index (Phi) is 6.08. The molecule has 0 saturated carbocycles. The Balaban J connectivity index is 2.16. The van der Waals surface area contributed by atoms with Gasteiger partial charge in [0.2, 0.25) is 0 Å². The molecule has 3 nitrogen and oxygen atoms in total. The van der Waals surface area contributed by atoms with Gasteiger partial charge in [0.15, 0.2) is 0 Å². The Labute approximate surface area is 141 Å². The fraction of sp³-hybridized carbons (Fsp3) is 0.250. The number of methoxy groups -OCH3 is 1. The third-order valence-corrected chi connectivity index (χ3v) is 4.29. The fourth-order valence-corrected chi connectivity index (χ4v) is 2.73. The highest BCUT2D eigenvalue weighted by Crippen LogP contribution is 2.27. The van der Waals surface area contributed by atoms with Crippen molar-refractivity contribution in [3.8, 4) is 11.5 Å². The van der Waals surface area contributed by atoms with Crippen molar-refractivity contribution < 1.29 is 9.47 Å². The number of hydrogen-bond donors (Lipinski definition) is 1. The molecule has 0 aromatic heterocycles. The highest BCUT2D eigenvalue weighted by molar-refractivity contribution is 9.10. The van der Waals surface area contributed by atoms with Crippen molar-refractivity contribution in [1.82, 2.24) is 5.32 Å². The normalized spacial score (nSPS) is 10.5. The number of benzene rings is 2. The minimum atomic E-state index is 0.482. The first kappa shape index (κ1) is 16.3. The maximum absolute atomic E-state index is 5.96. The highest BCUT2D eigenvalue weighted by atomic mass is 79.9. The van der Waals surface area contributed by atoms with E-state index in [2.05, 4.69) is 43.2 Å². The highest BCUT2D eigenvalue weighted by Gasteiger charge is 2.07. The van der Waals surface area contributed by atoms with E-state index in [0.717, 1.165) is 38.1 Å². The molecule has 0 amide bonds. The van der Waals surface area contributed by atoms with Crippen molar-refractivity contribution in [1.29, 1.82) is 0 Å². The van der Waals surface area contributed by atoms with Crippen LogP contribution in [-0.2, 0) is 13.2 Å². The van der Waals surface area contributed by atoms with Gasteiger partial charge < -0.3 is 14.8 Å². The van der Waals surface area contributed by atoms with Gasteiger partial charge in [0.05, 0.1) is 7.11 Å². The van der Waals surface area contributed by atoms with Crippen LogP contribution in [0.5, 0.6) is 11.5 Å². The van der Waals surface area contributed by atoms with Crippen LogP contribution in [0.25, 0.3) is 0 Å². The molecule has 112 valence electrons. The molecule has 0 aliphatic heterocycles. The van der Waals surface area contributed by atoms with E-state index in [1.54, 1.807) is 7.11 Å². The van der Waals surface area contributed by atoms with Gasteiger partial charge in [0, 0.05) is 26.6 Å². The summed E-state index contributed by atoms with van der Waals surface area (Å²) in [6.07, 6.45) is 0.